The van der Waals surface area contributed by atoms with Gasteiger partial charge in [-0.25, -0.2) is 0 Å². The van der Waals surface area contributed by atoms with Gasteiger partial charge in [-0.15, -0.1) is 0 Å². The van der Waals surface area contributed by atoms with Crippen molar-refractivity contribution < 1.29 is 19.4 Å². The molecule has 1 amide bonds. The van der Waals surface area contributed by atoms with Crippen LogP contribution in [0, 0.1) is 12.8 Å². The maximum atomic E-state index is 13.3. The van der Waals surface area contributed by atoms with Crippen molar-refractivity contribution in [3.63, 3.8) is 0 Å². The normalized spacial score (nSPS) is 17.3. The van der Waals surface area contributed by atoms with E-state index in [1.165, 1.54) is 17.0 Å². The lowest BCUT2D eigenvalue weighted by Gasteiger charge is -2.26. The number of ether oxygens (including phenoxy) is 1. The molecule has 1 fully saturated rings. The summed E-state index contributed by atoms with van der Waals surface area (Å²) in [5.74, 6) is -0.897. The van der Waals surface area contributed by atoms with E-state index in [1.54, 1.807) is 24.3 Å². The van der Waals surface area contributed by atoms with Gasteiger partial charge in [-0.3, -0.25) is 14.5 Å². The number of hydrogen-bond donors (Lipinski definition) is 1. The van der Waals surface area contributed by atoms with E-state index in [0.717, 1.165) is 5.56 Å². The quantitative estimate of drug-likeness (QED) is 0.221. The molecule has 0 saturated carbocycles. The number of nitrogens with zero attached hydrogens (tertiary/aromatic N) is 1. The number of benzene rings is 3. The Bertz CT molecular complexity index is 1330. The number of aliphatic hydroxyl groups is 1. The van der Waals surface area contributed by atoms with Crippen LogP contribution in [0.5, 0.6) is 5.75 Å². The second kappa shape index (κ2) is 10.1. The minimum atomic E-state index is -0.867. The molecule has 1 unspecified atom stereocenters. The molecule has 0 bridgehead atoms. The first kappa shape index (κ1) is 24.8. The van der Waals surface area contributed by atoms with Gasteiger partial charge in [-0.2, -0.15) is 0 Å². The van der Waals surface area contributed by atoms with E-state index in [2.05, 4.69) is 0 Å². The van der Waals surface area contributed by atoms with Crippen molar-refractivity contribution in [1.29, 1.82) is 0 Å². The van der Waals surface area contributed by atoms with Crippen LogP contribution in [0.3, 0.4) is 0 Å². The Morgan fingerprint density at radius 3 is 2.43 bits per heavy atom. The van der Waals surface area contributed by atoms with E-state index in [0.29, 0.717) is 40.1 Å². The SMILES string of the molecule is Cc1cccc(N2C(=O)C(=O)/C(=C(\O)c3ccc(Cl)c(Cl)c3)C2c2cccc(OCC(C)C)c2)c1. The lowest BCUT2D eigenvalue weighted by molar-refractivity contribution is -0.132. The number of carbonyl (C=O) groups is 2. The molecular weight excluding hydrogens is 485 g/mol. The molecule has 0 radical (unpaired) electrons. The van der Waals surface area contributed by atoms with Crippen molar-refractivity contribution in [3.05, 3.63) is 99.0 Å². The number of ketones is 1. The highest BCUT2D eigenvalue weighted by atomic mass is 35.5. The van der Waals surface area contributed by atoms with Crippen LogP contribution in [-0.4, -0.2) is 23.4 Å². The van der Waals surface area contributed by atoms with E-state index < -0.39 is 17.7 Å². The molecule has 1 atom stereocenters. The summed E-state index contributed by atoms with van der Waals surface area (Å²) in [4.78, 5) is 28.1. The van der Waals surface area contributed by atoms with Gasteiger partial charge >= 0.3 is 0 Å². The molecule has 0 aliphatic carbocycles. The molecule has 7 heteroatoms. The Morgan fingerprint density at radius 2 is 1.74 bits per heavy atom. The summed E-state index contributed by atoms with van der Waals surface area (Å²) >= 11 is 12.2. The lowest BCUT2D eigenvalue weighted by Crippen LogP contribution is -2.29. The molecule has 3 aromatic carbocycles. The minimum absolute atomic E-state index is 0.0316. The predicted molar refractivity (Wildman–Crippen MR) is 139 cm³/mol. The van der Waals surface area contributed by atoms with Crippen LogP contribution >= 0.6 is 23.2 Å². The standard InChI is InChI=1S/C28H25Cl2NO4/c1-16(2)15-35-21-9-5-7-18(13-21)25-24(26(32)19-10-11-22(29)23(30)14-19)27(33)28(34)31(25)20-8-4-6-17(3)12-20/h4-14,16,25,32H,15H2,1-3H3/b26-24-. The van der Waals surface area contributed by atoms with Crippen LogP contribution in [0.4, 0.5) is 5.69 Å². The fourth-order valence-electron chi connectivity index (χ4n) is 4.03. The average Bonchev–Trinajstić information content (AvgIpc) is 3.09. The molecule has 5 nitrogen and oxygen atoms in total. The van der Waals surface area contributed by atoms with Crippen LogP contribution in [0.15, 0.2) is 72.3 Å². The van der Waals surface area contributed by atoms with E-state index >= 15 is 0 Å². The van der Waals surface area contributed by atoms with Crippen molar-refractivity contribution >= 4 is 46.3 Å². The second-order valence-electron chi connectivity index (χ2n) is 8.91. The summed E-state index contributed by atoms with van der Waals surface area (Å²) in [5, 5.41) is 11.8. The molecular formula is C28H25Cl2NO4. The predicted octanol–water partition coefficient (Wildman–Crippen LogP) is 6.96. The van der Waals surface area contributed by atoms with Crippen molar-refractivity contribution in [2.45, 2.75) is 26.8 Å². The van der Waals surface area contributed by atoms with Gasteiger partial charge < -0.3 is 9.84 Å². The number of Topliss-reactive ketones (excluding diaryl/α,β-unsaturated/α-hetero) is 1. The molecule has 1 aliphatic heterocycles. The summed E-state index contributed by atoms with van der Waals surface area (Å²) in [6.07, 6.45) is 0. The highest BCUT2D eigenvalue weighted by Gasteiger charge is 2.47. The Balaban J connectivity index is 1.91. The van der Waals surface area contributed by atoms with Crippen LogP contribution in [0.1, 0.15) is 36.6 Å². The van der Waals surface area contributed by atoms with Crippen LogP contribution in [0.2, 0.25) is 10.0 Å². The molecule has 1 heterocycles. The van der Waals surface area contributed by atoms with E-state index in [-0.39, 0.29) is 16.4 Å². The molecule has 0 aromatic heterocycles. The number of carbonyl (C=O) groups excluding carboxylic acids is 2. The zero-order chi connectivity index (χ0) is 25.3. The largest absolute Gasteiger partial charge is 0.507 e. The Hall–Kier alpha value is -3.28. The third-order valence-corrected chi connectivity index (χ3v) is 6.41. The third-order valence-electron chi connectivity index (χ3n) is 5.67. The maximum Gasteiger partial charge on any atom is 0.300 e. The number of anilines is 1. The summed E-state index contributed by atoms with van der Waals surface area (Å²) in [5.41, 5.74) is 2.38. The van der Waals surface area contributed by atoms with Gasteiger partial charge in [0.2, 0.25) is 0 Å². The number of halogens is 2. The van der Waals surface area contributed by atoms with Gasteiger partial charge in [0.05, 0.1) is 28.3 Å². The molecule has 1 saturated heterocycles. The van der Waals surface area contributed by atoms with Crippen molar-refractivity contribution in [1.82, 2.24) is 0 Å². The Kier molecular flexibility index (Phi) is 7.20. The Morgan fingerprint density at radius 1 is 1.00 bits per heavy atom. The summed E-state index contributed by atoms with van der Waals surface area (Å²) in [6, 6.07) is 18.3. The van der Waals surface area contributed by atoms with Gasteiger partial charge in [-0.1, -0.05) is 61.3 Å². The monoisotopic (exact) mass is 509 g/mol. The van der Waals surface area contributed by atoms with Crippen molar-refractivity contribution in [2.24, 2.45) is 5.92 Å². The lowest BCUT2D eigenvalue weighted by atomic mass is 9.95. The fourth-order valence-corrected chi connectivity index (χ4v) is 4.33. The fraction of sp³-hybridized carbons (Fsp3) is 0.214. The Labute approximate surface area is 214 Å². The first-order valence-electron chi connectivity index (χ1n) is 11.2. The third kappa shape index (κ3) is 5.07. The molecule has 1 N–H and O–H groups in total. The topological polar surface area (TPSA) is 66.8 Å². The number of amides is 1. The van der Waals surface area contributed by atoms with E-state index in [1.807, 2.05) is 51.1 Å². The van der Waals surface area contributed by atoms with E-state index in [9.17, 15) is 14.7 Å². The van der Waals surface area contributed by atoms with Crippen LogP contribution in [0.25, 0.3) is 5.76 Å². The first-order valence-corrected chi connectivity index (χ1v) is 12.0. The van der Waals surface area contributed by atoms with Gasteiger partial charge in [0.15, 0.2) is 0 Å². The van der Waals surface area contributed by atoms with Gasteiger partial charge in [-0.05, 0) is 66.4 Å². The summed E-state index contributed by atoms with van der Waals surface area (Å²) in [6.45, 7) is 6.53. The molecule has 180 valence electrons. The summed E-state index contributed by atoms with van der Waals surface area (Å²) in [7, 11) is 0. The average molecular weight is 510 g/mol. The van der Waals surface area contributed by atoms with Gasteiger partial charge in [0, 0.05) is 11.3 Å². The summed E-state index contributed by atoms with van der Waals surface area (Å²) < 4.78 is 5.89. The van der Waals surface area contributed by atoms with Crippen molar-refractivity contribution in [3.8, 4) is 5.75 Å². The maximum absolute atomic E-state index is 13.3. The number of rotatable bonds is 6. The number of aliphatic hydroxyl groups excluding tert-OH is 1. The molecule has 3 aromatic rings. The smallest absolute Gasteiger partial charge is 0.300 e. The van der Waals surface area contributed by atoms with Crippen LogP contribution < -0.4 is 9.64 Å². The zero-order valence-corrected chi connectivity index (χ0v) is 21.1. The number of hydrogen-bond acceptors (Lipinski definition) is 4. The molecule has 35 heavy (non-hydrogen) atoms. The molecule has 1 aliphatic rings. The minimum Gasteiger partial charge on any atom is -0.507 e. The first-order chi connectivity index (χ1) is 16.7. The highest BCUT2D eigenvalue weighted by Crippen LogP contribution is 2.43. The second-order valence-corrected chi connectivity index (χ2v) is 9.73. The highest BCUT2D eigenvalue weighted by molar-refractivity contribution is 6.51. The van der Waals surface area contributed by atoms with Crippen molar-refractivity contribution in [2.75, 3.05) is 11.5 Å². The zero-order valence-electron chi connectivity index (χ0n) is 19.6. The van der Waals surface area contributed by atoms with Gasteiger partial charge in [0.1, 0.15) is 11.5 Å². The van der Waals surface area contributed by atoms with E-state index in [4.69, 9.17) is 27.9 Å². The molecule has 0 spiro atoms. The molecule has 4 rings (SSSR count). The van der Waals surface area contributed by atoms with Crippen LogP contribution in [-0.2, 0) is 9.59 Å². The number of aryl methyl sites for hydroxylation is 1. The van der Waals surface area contributed by atoms with Gasteiger partial charge in [0.25, 0.3) is 11.7 Å².